The number of methoxy groups -OCH3 is 2. The smallest absolute Gasteiger partial charge is 0.229 e. The monoisotopic (exact) mass is 482 g/mol. The maximum atomic E-state index is 13.1. The summed E-state index contributed by atoms with van der Waals surface area (Å²) >= 11 is 6.28. The van der Waals surface area contributed by atoms with Crippen LogP contribution in [0.3, 0.4) is 0 Å². The minimum Gasteiger partial charge on any atom is -0.495 e. The zero-order valence-corrected chi connectivity index (χ0v) is 20.6. The van der Waals surface area contributed by atoms with Gasteiger partial charge in [0.1, 0.15) is 11.5 Å². The normalized spacial score (nSPS) is 15.5. The van der Waals surface area contributed by atoms with Gasteiger partial charge in [-0.1, -0.05) is 29.3 Å². The Bertz CT molecular complexity index is 1250. The molecule has 0 bridgehead atoms. The van der Waals surface area contributed by atoms with Gasteiger partial charge in [-0.25, -0.2) is 4.68 Å². The Morgan fingerprint density at radius 2 is 1.76 bits per heavy atom. The third-order valence-corrected chi connectivity index (χ3v) is 6.35. The minimum absolute atomic E-state index is 0.0861. The highest BCUT2D eigenvalue weighted by atomic mass is 35.5. The average Bonchev–Trinajstić information content (AvgIpc) is 3.34. The third kappa shape index (κ3) is 4.33. The quantitative estimate of drug-likeness (QED) is 0.560. The van der Waals surface area contributed by atoms with Gasteiger partial charge in [-0.3, -0.25) is 9.59 Å². The number of ether oxygens (including phenoxy) is 2. The first-order valence-corrected chi connectivity index (χ1v) is 11.3. The van der Waals surface area contributed by atoms with E-state index in [-0.39, 0.29) is 24.8 Å². The molecule has 1 aliphatic heterocycles. The van der Waals surface area contributed by atoms with Crippen molar-refractivity contribution in [3.63, 3.8) is 0 Å². The van der Waals surface area contributed by atoms with Gasteiger partial charge < -0.3 is 19.7 Å². The minimum atomic E-state index is -0.528. The molecule has 8 nitrogen and oxygen atoms in total. The van der Waals surface area contributed by atoms with Crippen molar-refractivity contribution in [3.8, 4) is 17.2 Å². The van der Waals surface area contributed by atoms with Crippen molar-refractivity contribution >= 4 is 34.8 Å². The van der Waals surface area contributed by atoms with E-state index in [1.807, 2.05) is 45.0 Å². The molecule has 1 aromatic heterocycles. The summed E-state index contributed by atoms with van der Waals surface area (Å²) in [6.07, 6.45) is 0.0861. The highest BCUT2D eigenvalue weighted by Crippen LogP contribution is 2.40. The molecule has 34 heavy (non-hydrogen) atoms. The molecule has 2 heterocycles. The van der Waals surface area contributed by atoms with Crippen LogP contribution in [-0.4, -0.2) is 42.4 Å². The fourth-order valence-corrected chi connectivity index (χ4v) is 4.39. The van der Waals surface area contributed by atoms with Crippen LogP contribution in [0.15, 0.2) is 36.4 Å². The highest BCUT2D eigenvalue weighted by molar-refractivity contribution is 6.32. The van der Waals surface area contributed by atoms with Crippen molar-refractivity contribution in [3.05, 3.63) is 58.4 Å². The van der Waals surface area contributed by atoms with Gasteiger partial charge in [0.05, 0.1) is 53.6 Å². The van der Waals surface area contributed by atoms with E-state index in [4.69, 9.17) is 21.1 Å². The Hall–Kier alpha value is -3.52. The SMILES string of the molecule is COc1cc(OC)c(N2C[C@@H](C(=O)Nc3c(C)nn(-c4ccc(C)cc4)c3C)CC2=O)cc1Cl. The number of rotatable bonds is 6. The fraction of sp³-hybridized carbons (Fsp3) is 0.320. The van der Waals surface area contributed by atoms with Crippen LogP contribution in [0.5, 0.6) is 11.5 Å². The molecule has 3 aromatic rings. The Balaban J connectivity index is 1.54. The molecule has 2 aromatic carbocycles. The van der Waals surface area contributed by atoms with Crippen LogP contribution in [0.4, 0.5) is 11.4 Å². The number of nitrogens with zero attached hydrogens (tertiary/aromatic N) is 3. The standard InChI is InChI=1S/C25H27ClN4O4/c1-14-6-8-18(9-7-14)30-16(3)24(15(2)28-30)27-25(32)17-10-23(31)29(13-17)20-11-19(26)21(33-4)12-22(20)34-5/h6-9,11-12,17H,10,13H2,1-5H3,(H,27,32)/t17-/m0/s1. The summed E-state index contributed by atoms with van der Waals surface area (Å²) in [5.41, 5.74) is 4.76. The van der Waals surface area contributed by atoms with Crippen LogP contribution in [0, 0.1) is 26.7 Å². The van der Waals surface area contributed by atoms with E-state index in [0.717, 1.165) is 16.9 Å². The van der Waals surface area contributed by atoms with Crippen LogP contribution in [-0.2, 0) is 9.59 Å². The fourth-order valence-electron chi connectivity index (χ4n) is 4.16. The number of nitrogens with one attached hydrogen (secondary N) is 1. The Morgan fingerprint density at radius 1 is 1.09 bits per heavy atom. The third-order valence-electron chi connectivity index (χ3n) is 6.06. The Morgan fingerprint density at radius 3 is 2.41 bits per heavy atom. The van der Waals surface area contributed by atoms with Crippen LogP contribution in [0.1, 0.15) is 23.4 Å². The van der Waals surface area contributed by atoms with Crippen LogP contribution in [0.2, 0.25) is 5.02 Å². The molecule has 178 valence electrons. The van der Waals surface area contributed by atoms with Gasteiger partial charge in [0, 0.05) is 19.0 Å². The Labute approximate surface area is 203 Å². The summed E-state index contributed by atoms with van der Waals surface area (Å²) in [7, 11) is 3.01. The zero-order chi connectivity index (χ0) is 24.6. The molecule has 0 radical (unpaired) electrons. The summed E-state index contributed by atoms with van der Waals surface area (Å²) in [5, 5.41) is 7.95. The second-order valence-corrected chi connectivity index (χ2v) is 8.75. The molecule has 9 heteroatoms. The number of aryl methyl sites for hydroxylation is 2. The molecule has 4 rings (SSSR count). The highest BCUT2D eigenvalue weighted by Gasteiger charge is 2.37. The summed E-state index contributed by atoms with van der Waals surface area (Å²) < 4.78 is 12.5. The van der Waals surface area contributed by atoms with E-state index in [1.54, 1.807) is 16.8 Å². The number of benzene rings is 2. The number of carbonyl (C=O) groups excluding carboxylic acids is 2. The van der Waals surface area contributed by atoms with Crippen LogP contribution in [0.25, 0.3) is 5.69 Å². The average molecular weight is 483 g/mol. The van der Waals surface area contributed by atoms with Gasteiger partial charge in [-0.05, 0) is 39.0 Å². The number of aromatic nitrogens is 2. The van der Waals surface area contributed by atoms with E-state index in [9.17, 15) is 9.59 Å². The van der Waals surface area contributed by atoms with Gasteiger partial charge in [-0.2, -0.15) is 5.10 Å². The first-order chi connectivity index (χ1) is 16.2. The van der Waals surface area contributed by atoms with E-state index in [1.165, 1.54) is 19.1 Å². The molecule has 2 amide bonds. The molecule has 1 atom stereocenters. The predicted octanol–water partition coefficient (Wildman–Crippen LogP) is 4.46. The van der Waals surface area contributed by atoms with E-state index < -0.39 is 5.92 Å². The van der Waals surface area contributed by atoms with Crippen LogP contribution < -0.4 is 19.7 Å². The van der Waals surface area contributed by atoms with Crippen molar-refractivity contribution in [1.29, 1.82) is 0 Å². The molecular weight excluding hydrogens is 456 g/mol. The lowest BCUT2D eigenvalue weighted by Crippen LogP contribution is -2.28. The first kappa shape index (κ1) is 23.6. The number of hydrogen-bond acceptors (Lipinski definition) is 5. The predicted molar refractivity (Wildman–Crippen MR) is 131 cm³/mol. The molecule has 1 N–H and O–H groups in total. The molecule has 0 aliphatic carbocycles. The Kier molecular flexibility index (Phi) is 6.52. The zero-order valence-electron chi connectivity index (χ0n) is 19.8. The van der Waals surface area contributed by atoms with Gasteiger partial charge >= 0.3 is 0 Å². The topological polar surface area (TPSA) is 85.7 Å². The summed E-state index contributed by atoms with van der Waals surface area (Å²) in [5.74, 6) is -0.0476. The molecule has 1 saturated heterocycles. The lowest BCUT2D eigenvalue weighted by Gasteiger charge is -2.21. The number of anilines is 2. The molecule has 1 aliphatic rings. The number of hydrogen-bond donors (Lipinski definition) is 1. The van der Waals surface area contributed by atoms with Gasteiger partial charge in [0.25, 0.3) is 0 Å². The molecule has 0 spiro atoms. The number of halogens is 1. The molecule has 0 unspecified atom stereocenters. The first-order valence-electron chi connectivity index (χ1n) is 10.9. The number of amides is 2. The summed E-state index contributed by atoms with van der Waals surface area (Å²) in [6, 6.07) is 11.3. The lowest BCUT2D eigenvalue weighted by atomic mass is 10.1. The van der Waals surface area contributed by atoms with Gasteiger partial charge in [0.15, 0.2) is 0 Å². The second-order valence-electron chi connectivity index (χ2n) is 8.35. The van der Waals surface area contributed by atoms with Gasteiger partial charge in [-0.15, -0.1) is 0 Å². The van der Waals surface area contributed by atoms with Gasteiger partial charge in [0.2, 0.25) is 11.8 Å². The molecular formula is C25H27ClN4O4. The lowest BCUT2D eigenvalue weighted by molar-refractivity contribution is -0.122. The van der Waals surface area contributed by atoms with Crippen molar-refractivity contribution in [2.45, 2.75) is 27.2 Å². The van der Waals surface area contributed by atoms with E-state index in [2.05, 4.69) is 10.4 Å². The van der Waals surface area contributed by atoms with Crippen molar-refractivity contribution in [2.75, 3.05) is 31.0 Å². The van der Waals surface area contributed by atoms with Crippen LogP contribution >= 0.6 is 11.6 Å². The maximum Gasteiger partial charge on any atom is 0.229 e. The summed E-state index contributed by atoms with van der Waals surface area (Å²) in [4.78, 5) is 27.5. The van der Waals surface area contributed by atoms with Crippen molar-refractivity contribution in [1.82, 2.24) is 9.78 Å². The second kappa shape index (κ2) is 9.38. The maximum absolute atomic E-state index is 13.1. The van der Waals surface area contributed by atoms with E-state index >= 15 is 0 Å². The van der Waals surface area contributed by atoms with Crippen molar-refractivity contribution in [2.24, 2.45) is 5.92 Å². The summed E-state index contributed by atoms with van der Waals surface area (Å²) in [6.45, 7) is 6.00. The number of carbonyl (C=O) groups is 2. The van der Waals surface area contributed by atoms with E-state index in [0.29, 0.717) is 33.6 Å². The van der Waals surface area contributed by atoms with Crippen molar-refractivity contribution < 1.29 is 19.1 Å². The molecule has 1 fully saturated rings. The molecule has 0 saturated carbocycles. The largest absolute Gasteiger partial charge is 0.495 e.